The Balaban J connectivity index is 1.71. The highest BCUT2D eigenvalue weighted by Crippen LogP contribution is 2.26. The molecule has 10 heteroatoms. The summed E-state index contributed by atoms with van der Waals surface area (Å²) in [5.41, 5.74) is 0.0582. The summed E-state index contributed by atoms with van der Waals surface area (Å²) in [5.74, 6) is 0.538. The third-order valence-electron chi connectivity index (χ3n) is 5.33. The number of hydrogen-bond acceptors (Lipinski definition) is 7. The van der Waals surface area contributed by atoms with E-state index in [-0.39, 0.29) is 17.7 Å². The van der Waals surface area contributed by atoms with Crippen LogP contribution in [0.1, 0.15) is 40.0 Å². The van der Waals surface area contributed by atoms with E-state index in [4.69, 9.17) is 26.2 Å². The number of carbonyl (C=O) groups is 1. The van der Waals surface area contributed by atoms with Gasteiger partial charge in [0.25, 0.3) is 5.56 Å². The molecule has 2 heterocycles. The second kappa shape index (κ2) is 11.6. The summed E-state index contributed by atoms with van der Waals surface area (Å²) in [6.07, 6.45) is 3.62. The molecule has 34 heavy (non-hydrogen) atoms. The minimum absolute atomic E-state index is 0.0680. The van der Waals surface area contributed by atoms with Crippen LogP contribution in [0.25, 0.3) is 5.69 Å². The highest BCUT2D eigenvalue weighted by atomic mass is 35.5. The number of para-hydroxylation sites is 2. The Morgan fingerprint density at radius 3 is 2.47 bits per heavy atom. The van der Waals surface area contributed by atoms with Gasteiger partial charge in [0, 0.05) is 32.8 Å². The fourth-order valence-electron chi connectivity index (χ4n) is 3.60. The summed E-state index contributed by atoms with van der Waals surface area (Å²) < 4.78 is 12.5. The van der Waals surface area contributed by atoms with E-state index in [1.165, 1.54) is 4.68 Å². The number of carbonyl (C=O) groups excluding carboxylic acids is 1. The zero-order chi connectivity index (χ0) is 24.7. The van der Waals surface area contributed by atoms with Crippen LogP contribution in [-0.2, 0) is 4.74 Å². The fraction of sp³-hybridized carbons (Fsp3) is 0.542. The number of aliphatic hydroxyl groups excluding tert-OH is 1. The average molecular weight is 493 g/mol. The zero-order valence-electron chi connectivity index (χ0n) is 20.0. The van der Waals surface area contributed by atoms with E-state index in [1.54, 1.807) is 29.3 Å². The highest BCUT2D eigenvalue weighted by molar-refractivity contribution is 6.33. The second-order valence-electron chi connectivity index (χ2n) is 9.12. The van der Waals surface area contributed by atoms with Gasteiger partial charge in [-0.2, -0.15) is 9.78 Å². The number of anilines is 1. The largest absolute Gasteiger partial charge is 0.491 e. The van der Waals surface area contributed by atoms with E-state index < -0.39 is 11.2 Å². The Kier molecular flexibility index (Phi) is 8.79. The lowest BCUT2D eigenvalue weighted by Gasteiger charge is -2.36. The predicted octanol–water partition coefficient (Wildman–Crippen LogP) is 3.48. The molecule has 1 amide bonds. The highest BCUT2D eigenvalue weighted by Gasteiger charge is 2.27. The monoisotopic (exact) mass is 492 g/mol. The van der Waals surface area contributed by atoms with Gasteiger partial charge in [-0.05, 0) is 52.2 Å². The minimum atomic E-state index is -0.550. The topological polar surface area (TPSA) is 97.1 Å². The molecule has 0 radical (unpaired) electrons. The average Bonchev–Trinajstić information content (AvgIpc) is 2.80. The number of amides is 1. The lowest BCUT2D eigenvalue weighted by Crippen LogP contribution is -2.50. The van der Waals surface area contributed by atoms with Crippen LogP contribution in [0.2, 0.25) is 5.02 Å². The number of aliphatic hydroxyl groups is 1. The number of aromatic nitrogens is 2. The van der Waals surface area contributed by atoms with Crippen molar-refractivity contribution < 1.29 is 19.4 Å². The lowest BCUT2D eigenvalue weighted by molar-refractivity contribution is 0.0240. The number of benzene rings is 1. The maximum Gasteiger partial charge on any atom is 0.410 e. The summed E-state index contributed by atoms with van der Waals surface area (Å²) in [5, 5.41) is 13.3. The van der Waals surface area contributed by atoms with Crippen LogP contribution in [0.15, 0.2) is 35.3 Å². The molecule has 0 bridgehead atoms. The quantitative estimate of drug-likeness (QED) is 0.563. The smallest absolute Gasteiger partial charge is 0.410 e. The van der Waals surface area contributed by atoms with Gasteiger partial charge in [0.05, 0.1) is 18.5 Å². The first-order valence-corrected chi connectivity index (χ1v) is 11.9. The molecule has 0 saturated carbocycles. The van der Waals surface area contributed by atoms with Gasteiger partial charge < -0.3 is 24.4 Å². The van der Waals surface area contributed by atoms with Crippen molar-refractivity contribution in [3.05, 3.63) is 45.8 Å². The number of halogens is 1. The first-order chi connectivity index (χ1) is 16.2. The van der Waals surface area contributed by atoms with Crippen molar-refractivity contribution in [2.45, 2.75) is 45.6 Å². The predicted molar refractivity (Wildman–Crippen MR) is 131 cm³/mol. The van der Waals surface area contributed by atoms with Crippen molar-refractivity contribution in [3.63, 3.8) is 0 Å². The normalized spacial score (nSPS) is 14.3. The number of hydrogen-bond donors (Lipinski definition) is 1. The number of ether oxygens (including phenoxy) is 2. The molecule has 3 rings (SSSR count). The van der Waals surface area contributed by atoms with Gasteiger partial charge in [-0.15, -0.1) is 0 Å². The van der Waals surface area contributed by atoms with Gasteiger partial charge >= 0.3 is 6.09 Å². The van der Waals surface area contributed by atoms with Gasteiger partial charge in [0.1, 0.15) is 22.1 Å². The zero-order valence-corrected chi connectivity index (χ0v) is 20.8. The van der Waals surface area contributed by atoms with Crippen molar-refractivity contribution >= 4 is 23.4 Å². The minimum Gasteiger partial charge on any atom is -0.491 e. The first-order valence-electron chi connectivity index (χ1n) is 11.5. The Hall–Kier alpha value is -2.78. The summed E-state index contributed by atoms with van der Waals surface area (Å²) in [7, 11) is 0. The standard InChI is InChI=1S/C24H33ClN4O5/c1-24(2,3)34-23(32)28-13-11-27(12-14-28)19-17-26-29(22(31)21(19)25)18-9-5-6-10-20(18)33-16-8-4-7-15-30/h5-6,9-10,17,30H,4,7-8,11-16H2,1-3H3. The van der Waals surface area contributed by atoms with E-state index in [9.17, 15) is 9.59 Å². The lowest BCUT2D eigenvalue weighted by atomic mass is 10.2. The SMILES string of the molecule is CC(C)(C)OC(=O)N1CCN(c2cnn(-c3ccccc3OCCCCCO)c(=O)c2Cl)CC1. The molecule has 0 atom stereocenters. The van der Waals surface area contributed by atoms with Crippen LogP contribution in [0, 0.1) is 0 Å². The molecule has 0 aliphatic carbocycles. The second-order valence-corrected chi connectivity index (χ2v) is 9.49. The van der Waals surface area contributed by atoms with Gasteiger partial charge in [-0.25, -0.2) is 4.79 Å². The van der Waals surface area contributed by atoms with Gasteiger partial charge in [-0.1, -0.05) is 23.7 Å². The maximum atomic E-state index is 13.1. The fourth-order valence-corrected chi connectivity index (χ4v) is 3.85. The molecule has 0 unspecified atom stereocenters. The molecular weight excluding hydrogens is 460 g/mol. The van der Waals surface area contributed by atoms with Crippen LogP contribution < -0.4 is 15.2 Å². The molecule has 9 nitrogen and oxygen atoms in total. The molecule has 1 aromatic heterocycles. The van der Waals surface area contributed by atoms with Crippen molar-refractivity contribution in [3.8, 4) is 11.4 Å². The number of unbranched alkanes of at least 4 members (excludes halogenated alkanes) is 2. The molecular formula is C24H33ClN4O5. The van der Waals surface area contributed by atoms with E-state index >= 15 is 0 Å². The molecule has 1 N–H and O–H groups in total. The van der Waals surface area contributed by atoms with E-state index in [2.05, 4.69) is 5.10 Å². The van der Waals surface area contributed by atoms with Crippen LogP contribution in [0.3, 0.4) is 0 Å². The van der Waals surface area contributed by atoms with Gasteiger partial charge in [0.2, 0.25) is 0 Å². The van der Waals surface area contributed by atoms with Crippen molar-refractivity contribution in [2.24, 2.45) is 0 Å². The van der Waals surface area contributed by atoms with Gasteiger partial charge in [-0.3, -0.25) is 4.79 Å². The van der Waals surface area contributed by atoms with Crippen LogP contribution >= 0.6 is 11.6 Å². The Bertz CT molecular complexity index is 1030. The Morgan fingerprint density at radius 2 is 1.79 bits per heavy atom. The molecule has 186 valence electrons. The van der Waals surface area contributed by atoms with Gasteiger partial charge in [0.15, 0.2) is 0 Å². The van der Waals surface area contributed by atoms with Crippen LogP contribution in [-0.4, -0.2) is 70.9 Å². The maximum absolute atomic E-state index is 13.1. The van der Waals surface area contributed by atoms with E-state index in [1.807, 2.05) is 31.7 Å². The van der Waals surface area contributed by atoms with Crippen LogP contribution in [0.4, 0.5) is 10.5 Å². The summed E-state index contributed by atoms with van der Waals surface area (Å²) in [6, 6.07) is 7.18. The molecule has 1 aromatic carbocycles. The molecule has 1 saturated heterocycles. The summed E-state index contributed by atoms with van der Waals surface area (Å²) in [4.78, 5) is 29.0. The van der Waals surface area contributed by atoms with E-state index in [0.29, 0.717) is 49.9 Å². The summed E-state index contributed by atoms with van der Waals surface area (Å²) >= 11 is 6.50. The Labute approximate surface area is 204 Å². The molecule has 2 aromatic rings. The third kappa shape index (κ3) is 6.64. The van der Waals surface area contributed by atoms with E-state index in [0.717, 1.165) is 19.3 Å². The number of rotatable bonds is 8. The number of nitrogens with zero attached hydrogens (tertiary/aromatic N) is 4. The van der Waals surface area contributed by atoms with Crippen molar-refractivity contribution in [2.75, 3.05) is 44.3 Å². The Morgan fingerprint density at radius 1 is 1.09 bits per heavy atom. The molecule has 1 fully saturated rings. The number of piperazine rings is 1. The first kappa shape index (κ1) is 25.8. The van der Waals surface area contributed by atoms with Crippen molar-refractivity contribution in [1.29, 1.82) is 0 Å². The third-order valence-corrected chi connectivity index (χ3v) is 5.68. The van der Waals surface area contributed by atoms with Crippen LogP contribution in [0.5, 0.6) is 5.75 Å². The summed E-state index contributed by atoms with van der Waals surface area (Å²) in [6.45, 7) is 8.08. The van der Waals surface area contributed by atoms with Crippen molar-refractivity contribution in [1.82, 2.24) is 14.7 Å². The molecule has 0 spiro atoms. The molecule has 1 aliphatic rings. The molecule has 1 aliphatic heterocycles.